The Balaban J connectivity index is 2.25. The van der Waals surface area contributed by atoms with Gasteiger partial charge in [-0.15, -0.1) is 0 Å². The van der Waals surface area contributed by atoms with E-state index in [2.05, 4.69) is 5.32 Å². The van der Waals surface area contributed by atoms with Crippen LogP contribution < -0.4 is 11.1 Å². The van der Waals surface area contributed by atoms with Gasteiger partial charge in [0.05, 0.1) is 11.4 Å². The second-order valence-electron chi connectivity index (χ2n) is 4.20. The molecular formula is C14H12F2N2O. The lowest BCUT2D eigenvalue weighted by molar-refractivity contribution is 0.102. The molecule has 3 nitrogen and oxygen atoms in total. The molecule has 0 radical (unpaired) electrons. The van der Waals surface area contributed by atoms with E-state index in [9.17, 15) is 13.6 Å². The van der Waals surface area contributed by atoms with Gasteiger partial charge in [-0.25, -0.2) is 8.78 Å². The summed E-state index contributed by atoms with van der Waals surface area (Å²) in [5.74, 6) is -2.22. The molecule has 0 bridgehead atoms. The first-order chi connectivity index (χ1) is 8.95. The fourth-order valence-corrected chi connectivity index (χ4v) is 1.68. The average Bonchev–Trinajstić information content (AvgIpc) is 2.31. The maximum Gasteiger partial charge on any atom is 0.255 e. The summed E-state index contributed by atoms with van der Waals surface area (Å²) < 4.78 is 26.0. The molecule has 0 aliphatic rings. The van der Waals surface area contributed by atoms with Crippen LogP contribution in [0.2, 0.25) is 0 Å². The minimum absolute atomic E-state index is 0.0996. The minimum atomic E-state index is -0.804. The predicted octanol–water partition coefficient (Wildman–Crippen LogP) is 3.11. The first kappa shape index (κ1) is 13.0. The van der Waals surface area contributed by atoms with E-state index in [4.69, 9.17) is 5.73 Å². The van der Waals surface area contributed by atoms with Gasteiger partial charge in [0.15, 0.2) is 0 Å². The fraction of sp³-hybridized carbons (Fsp3) is 0.0714. The number of carbonyl (C=O) groups excluding carboxylic acids is 1. The number of nitrogen functional groups attached to an aromatic ring is 1. The molecule has 2 rings (SSSR count). The molecule has 0 aliphatic carbocycles. The van der Waals surface area contributed by atoms with Crippen LogP contribution in [0.3, 0.4) is 0 Å². The molecule has 19 heavy (non-hydrogen) atoms. The van der Waals surface area contributed by atoms with E-state index in [1.54, 1.807) is 18.2 Å². The van der Waals surface area contributed by atoms with Crippen LogP contribution in [0.15, 0.2) is 36.4 Å². The van der Waals surface area contributed by atoms with Crippen molar-refractivity contribution in [1.82, 2.24) is 0 Å². The molecule has 5 heteroatoms. The minimum Gasteiger partial charge on any atom is -0.397 e. The van der Waals surface area contributed by atoms with Gasteiger partial charge in [0, 0.05) is 11.6 Å². The average molecular weight is 262 g/mol. The van der Waals surface area contributed by atoms with Crippen molar-refractivity contribution in [1.29, 1.82) is 0 Å². The number of hydrogen-bond acceptors (Lipinski definition) is 2. The number of halogens is 2. The van der Waals surface area contributed by atoms with E-state index in [0.717, 1.165) is 17.7 Å². The summed E-state index contributed by atoms with van der Waals surface area (Å²) in [6.07, 6.45) is 0. The van der Waals surface area contributed by atoms with E-state index in [1.807, 2.05) is 6.92 Å². The van der Waals surface area contributed by atoms with Crippen molar-refractivity contribution in [2.24, 2.45) is 0 Å². The van der Waals surface area contributed by atoms with Crippen LogP contribution in [0.4, 0.5) is 20.2 Å². The van der Waals surface area contributed by atoms with Gasteiger partial charge in [-0.2, -0.15) is 0 Å². The zero-order valence-electron chi connectivity index (χ0n) is 10.2. The third kappa shape index (κ3) is 3.07. The standard InChI is InChI=1S/C14H12F2N2O/c1-8-2-3-13(12(17)4-8)18-14(19)9-5-10(15)7-11(16)6-9/h2-7H,17H2,1H3,(H,18,19). The quantitative estimate of drug-likeness (QED) is 0.817. The Kier molecular flexibility index (Phi) is 3.46. The number of carbonyl (C=O) groups is 1. The summed E-state index contributed by atoms with van der Waals surface area (Å²) in [6.45, 7) is 1.86. The van der Waals surface area contributed by atoms with Gasteiger partial charge in [0.1, 0.15) is 11.6 Å². The number of hydrogen-bond donors (Lipinski definition) is 2. The van der Waals surface area contributed by atoms with E-state index in [0.29, 0.717) is 17.4 Å². The van der Waals surface area contributed by atoms with Crippen molar-refractivity contribution in [3.63, 3.8) is 0 Å². The van der Waals surface area contributed by atoms with Crippen molar-refractivity contribution in [3.8, 4) is 0 Å². The molecule has 2 aromatic rings. The molecule has 0 heterocycles. The number of benzene rings is 2. The Bertz CT molecular complexity index is 621. The fourth-order valence-electron chi connectivity index (χ4n) is 1.68. The molecule has 0 unspecified atom stereocenters. The Hall–Kier alpha value is -2.43. The Morgan fingerprint density at radius 1 is 1.11 bits per heavy atom. The van der Waals surface area contributed by atoms with Gasteiger partial charge in [-0.05, 0) is 36.8 Å². The van der Waals surface area contributed by atoms with Gasteiger partial charge >= 0.3 is 0 Å². The van der Waals surface area contributed by atoms with Crippen LogP contribution in [-0.4, -0.2) is 5.91 Å². The summed E-state index contributed by atoms with van der Waals surface area (Å²) in [4.78, 5) is 11.9. The van der Waals surface area contributed by atoms with Crippen molar-refractivity contribution >= 4 is 17.3 Å². The molecular weight excluding hydrogens is 250 g/mol. The van der Waals surface area contributed by atoms with E-state index >= 15 is 0 Å². The third-order valence-corrected chi connectivity index (χ3v) is 2.58. The molecule has 0 aliphatic heterocycles. The molecule has 0 atom stereocenters. The molecule has 1 amide bonds. The predicted molar refractivity (Wildman–Crippen MR) is 69.9 cm³/mol. The summed E-state index contributed by atoms with van der Waals surface area (Å²) in [5.41, 5.74) is 7.39. The molecule has 0 spiro atoms. The van der Waals surface area contributed by atoms with Crippen molar-refractivity contribution in [3.05, 3.63) is 59.2 Å². The number of anilines is 2. The highest BCUT2D eigenvalue weighted by Crippen LogP contribution is 2.20. The monoisotopic (exact) mass is 262 g/mol. The van der Waals surface area contributed by atoms with E-state index in [1.165, 1.54) is 0 Å². The van der Waals surface area contributed by atoms with Gasteiger partial charge in [-0.1, -0.05) is 6.07 Å². The van der Waals surface area contributed by atoms with Crippen LogP contribution in [0, 0.1) is 18.6 Å². The molecule has 0 saturated carbocycles. The summed E-state index contributed by atoms with van der Waals surface area (Å²) in [5, 5.41) is 2.51. The second-order valence-corrected chi connectivity index (χ2v) is 4.20. The van der Waals surface area contributed by atoms with Gasteiger partial charge in [-0.3, -0.25) is 4.79 Å². The Morgan fingerprint density at radius 2 is 1.74 bits per heavy atom. The normalized spacial score (nSPS) is 10.3. The highest BCUT2D eigenvalue weighted by Gasteiger charge is 2.10. The van der Waals surface area contributed by atoms with Crippen molar-refractivity contribution in [2.75, 3.05) is 11.1 Å². The first-order valence-electron chi connectivity index (χ1n) is 5.59. The lowest BCUT2D eigenvalue weighted by Gasteiger charge is -2.09. The maximum absolute atomic E-state index is 13.0. The molecule has 3 N–H and O–H groups in total. The summed E-state index contributed by atoms with van der Waals surface area (Å²) in [6, 6.07) is 7.74. The topological polar surface area (TPSA) is 55.1 Å². The number of nitrogens with one attached hydrogen (secondary N) is 1. The second kappa shape index (κ2) is 5.06. The van der Waals surface area contributed by atoms with Gasteiger partial charge in [0.25, 0.3) is 5.91 Å². The molecule has 2 aromatic carbocycles. The van der Waals surface area contributed by atoms with Gasteiger partial charge in [0.2, 0.25) is 0 Å². The van der Waals surface area contributed by atoms with Crippen molar-refractivity contribution < 1.29 is 13.6 Å². The maximum atomic E-state index is 13.0. The van der Waals surface area contributed by atoms with Crippen LogP contribution in [0.25, 0.3) is 0 Å². The van der Waals surface area contributed by atoms with Crippen LogP contribution in [0.5, 0.6) is 0 Å². The number of amides is 1. The summed E-state index contributed by atoms with van der Waals surface area (Å²) in [7, 11) is 0. The first-order valence-corrected chi connectivity index (χ1v) is 5.59. The zero-order valence-corrected chi connectivity index (χ0v) is 10.2. The summed E-state index contributed by atoms with van der Waals surface area (Å²) >= 11 is 0. The number of nitrogens with two attached hydrogens (primary N) is 1. The Labute approximate surface area is 109 Å². The van der Waals surface area contributed by atoms with Crippen LogP contribution in [0.1, 0.15) is 15.9 Å². The highest BCUT2D eigenvalue weighted by molar-refractivity contribution is 6.05. The lowest BCUT2D eigenvalue weighted by atomic mass is 10.1. The van der Waals surface area contributed by atoms with Crippen LogP contribution >= 0.6 is 0 Å². The van der Waals surface area contributed by atoms with E-state index < -0.39 is 17.5 Å². The lowest BCUT2D eigenvalue weighted by Crippen LogP contribution is -2.13. The third-order valence-electron chi connectivity index (χ3n) is 2.58. The SMILES string of the molecule is Cc1ccc(NC(=O)c2cc(F)cc(F)c2)c(N)c1. The molecule has 0 fully saturated rings. The van der Waals surface area contributed by atoms with Crippen molar-refractivity contribution in [2.45, 2.75) is 6.92 Å². The van der Waals surface area contributed by atoms with Gasteiger partial charge < -0.3 is 11.1 Å². The highest BCUT2D eigenvalue weighted by atomic mass is 19.1. The van der Waals surface area contributed by atoms with E-state index in [-0.39, 0.29) is 5.56 Å². The largest absolute Gasteiger partial charge is 0.397 e. The zero-order chi connectivity index (χ0) is 14.0. The number of rotatable bonds is 2. The molecule has 98 valence electrons. The smallest absolute Gasteiger partial charge is 0.255 e. The van der Waals surface area contributed by atoms with Crippen LogP contribution in [-0.2, 0) is 0 Å². The Morgan fingerprint density at radius 3 is 2.32 bits per heavy atom. The molecule has 0 aromatic heterocycles. The molecule has 0 saturated heterocycles. The number of aryl methyl sites for hydroxylation is 1.